The van der Waals surface area contributed by atoms with Crippen molar-refractivity contribution in [2.24, 2.45) is 0 Å². The van der Waals surface area contributed by atoms with Gasteiger partial charge in [-0.3, -0.25) is 4.90 Å². The molecule has 14 heteroatoms. The number of benzene rings is 1. The number of ether oxygens (including phenoxy) is 2. The van der Waals surface area contributed by atoms with Crippen molar-refractivity contribution < 1.29 is 31.5 Å². The summed E-state index contributed by atoms with van der Waals surface area (Å²) in [6.07, 6.45) is -1.30. The number of hydrogen-bond acceptors (Lipinski definition) is 7. The molecule has 10 nitrogen and oxygen atoms in total. The molecule has 31 heavy (non-hydrogen) atoms. The zero-order valence-electron chi connectivity index (χ0n) is 16.9. The summed E-state index contributed by atoms with van der Waals surface area (Å²) in [6, 6.07) is 2.12. The topological polar surface area (TPSA) is 103 Å². The van der Waals surface area contributed by atoms with Crippen LogP contribution in [0.25, 0.3) is 0 Å². The first-order chi connectivity index (χ1) is 14.7. The Morgan fingerprint density at radius 3 is 2.42 bits per heavy atom. The minimum atomic E-state index is -3.60. The van der Waals surface area contributed by atoms with Crippen LogP contribution in [0.1, 0.15) is 0 Å². The summed E-state index contributed by atoms with van der Waals surface area (Å²) in [5, 5.41) is 2.90. The number of nitrogens with one attached hydrogen (secondary N) is 2. The first-order valence-electron chi connectivity index (χ1n) is 9.39. The fourth-order valence-electron chi connectivity index (χ4n) is 3.40. The van der Waals surface area contributed by atoms with E-state index in [1.54, 1.807) is 0 Å². The third-order valence-electron chi connectivity index (χ3n) is 5.00. The minimum Gasteiger partial charge on any atom is -0.474 e. The van der Waals surface area contributed by atoms with Crippen LogP contribution >= 0.6 is 12.2 Å². The number of amides is 1. The second-order valence-corrected chi connectivity index (χ2v) is 9.09. The molecule has 2 saturated heterocycles. The summed E-state index contributed by atoms with van der Waals surface area (Å²) < 4.78 is 66.8. The monoisotopic (exact) mass is 479 g/mol. The molecule has 0 aliphatic carbocycles. The predicted octanol–water partition coefficient (Wildman–Crippen LogP) is 0.397. The molecule has 0 radical (unpaired) electrons. The fraction of sp³-hybridized carbons (Fsp3) is 0.529. The van der Waals surface area contributed by atoms with Gasteiger partial charge in [0.1, 0.15) is 11.8 Å². The molecule has 0 spiro atoms. The van der Waals surface area contributed by atoms with Gasteiger partial charge in [-0.05, 0) is 12.2 Å². The number of nitrogens with zero attached hydrogens (tertiary/aromatic N) is 3. The summed E-state index contributed by atoms with van der Waals surface area (Å²) in [6.45, 7) is 0.676. The number of methoxy groups -OCH3 is 1. The normalized spacial score (nSPS) is 20.0. The van der Waals surface area contributed by atoms with E-state index < -0.39 is 34.0 Å². The summed E-state index contributed by atoms with van der Waals surface area (Å²) in [5.74, 6) is -1.70. The minimum absolute atomic E-state index is 0.0250. The Labute approximate surface area is 184 Å². The summed E-state index contributed by atoms with van der Waals surface area (Å²) in [5.41, 5.74) is -0.238. The van der Waals surface area contributed by atoms with Gasteiger partial charge in [0.05, 0.1) is 25.9 Å². The van der Waals surface area contributed by atoms with Crippen LogP contribution in [0.5, 0.6) is 0 Å². The van der Waals surface area contributed by atoms with Crippen LogP contribution < -0.4 is 19.8 Å². The molecule has 1 atom stereocenters. The Kier molecular flexibility index (Phi) is 7.13. The molecule has 0 saturated carbocycles. The van der Waals surface area contributed by atoms with Crippen molar-refractivity contribution in [1.29, 1.82) is 0 Å². The smallest absolute Gasteiger partial charge is 0.414 e. The van der Waals surface area contributed by atoms with Crippen LogP contribution in [-0.4, -0.2) is 83.5 Å². The lowest BCUT2D eigenvalue weighted by Gasteiger charge is -2.35. The van der Waals surface area contributed by atoms with Crippen LogP contribution in [0.3, 0.4) is 0 Å². The highest BCUT2D eigenvalue weighted by atomic mass is 32.2. The van der Waals surface area contributed by atoms with Crippen molar-refractivity contribution in [1.82, 2.24) is 14.3 Å². The number of hydrogen-bond donors (Lipinski definition) is 2. The van der Waals surface area contributed by atoms with Crippen molar-refractivity contribution in [3.63, 3.8) is 0 Å². The number of carbonyl (C=O) groups excluding carboxylic acids is 1. The molecule has 2 N–H and O–H groups in total. The quantitative estimate of drug-likeness (QED) is 0.566. The Morgan fingerprint density at radius 2 is 1.87 bits per heavy atom. The first kappa shape index (κ1) is 23.4. The van der Waals surface area contributed by atoms with Crippen molar-refractivity contribution >= 4 is 45.1 Å². The molecular weight excluding hydrogens is 456 g/mol. The molecule has 1 aromatic carbocycles. The van der Waals surface area contributed by atoms with E-state index in [4.69, 9.17) is 21.7 Å². The SMILES string of the molecule is CNS(=O)(=O)N1CCN(c2c(F)cc(N3CC(CNC(=S)OC)OC3=O)cc2F)CC1. The number of carbonyl (C=O) groups is 1. The Hall–Kier alpha value is -2.29. The third kappa shape index (κ3) is 5.14. The van der Waals surface area contributed by atoms with Gasteiger partial charge in [0.2, 0.25) is 0 Å². The second kappa shape index (κ2) is 9.46. The molecule has 3 rings (SSSR count). The van der Waals surface area contributed by atoms with Crippen molar-refractivity contribution in [2.75, 3.05) is 63.2 Å². The standard InChI is InChI=1S/C17H23F2N5O5S2/c1-20-31(26,27)23-5-3-22(4-6-23)15-13(18)7-11(8-14(15)19)24-10-12(29-17(24)25)9-21-16(30)28-2/h7-8,12,20H,3-6,9-10H2,1-2H3,(H,21,30). The van der Waals surface area contributed by atoms with Crippen molar-refractivity contribution in [3.8, 4) is 0 Å². The highest BCUT2D eigenvalue weighted by Gasteiger charge is 2.34. The van der Waals surface area contributed by atoms with Crippen LogP contribution in [0.15, 0.2) is 12.1 Å². The maximum Gasteiger partial charge on any atom is 0.414 e. The molecule has 2 heterocycles. The van der Waals surface area contributed by atoms with Crippen LogP contribution in [-0.2, 0) is 19.7 Å². The van der Waals surface area contributed by atoms with Gasteiger partial charge in [-0.15, -0.1) is 0 Å². The third-order valence-corrected chi connectivity index (χ3v) is 6.87. The lowest BCUT2D eigenvalue weighted by Crippen LogP contribution is -2.51. The highest BCUT2D eigenvalue weighted by molar-refractivity contribution is 7.87. The Balaban J connectivity index is 1.70. The zero-order chi connectivity index (χ0) is 22.8. The van der Waals surface area contributed by atoms with Gasteiger partial charge < -0.3 is 19.7 Å². The van der Waals surface area contributed by atoms with Crippen molar-refractivity contribution in [3.05, 3.63) is 23.8 Å². The van der Waals surface area contributed by atoms with Gasteiger partial charge >= 0.3 is 6.09 Å². The fourth-order valence-corrected chi connectivity index (χ4v) is 4.38. The van der Waals surface area contributed by atoms with E-state index in [-0.39, 0.29) is 55.8 Å². The van der Waals surface area contributed by atoms with Crippen LogP contribution in [0.4, 0.5) is 25.0 Å². The molecule has 172 valence electrons. The number of thiocarbonyl (C=S) groups is 1. The maximum absolute atomic E-state index is 14.8. The summed E-state index contributed by atoms with van der Waals surface area (Å²) >= 11 is 4.86. The largest absolute Gasteiger partial charge is 0.474 e. The van der Waals surface area contributed by atoms with Gasteiger partial charge in [0.15, 0.2) is 11.6 Å². The predicted molar refractivity (Wildman–Crippen MR) is 113 cm³/mol. The first-order valence-corrected chi connectivity index (χ1v) is 11.2. The average molecular weight is 480 g/mol. The van der Waals surface area contributed by atoms with E-state index in [9.17, 15) is 22.0 Å². The Morgan fingerprint density at radius 1 is 1.26 bits per heavy atom. The van der Waals surface area contributed by atoms with Gasteiger partial charge in [-0.2, -0.15) is 12.7 Å². The number of piperazine rings is 1. The van der Waals surface area contributed by atoms with E-state index in [1.165, 1.54) is 23.4 Å². The zero-order valence-corrected chi connectivity index (χ0v) is 18.6. The van der Waals surface area contributed by atoms with E-state index in [0.717, 1.165) is 17.0 Å². The number of cyclic esters (lactones) is 1. The molecule has 2 aliphatic heterocycles. The number of halogens is 2. The number of rotatable bonds is 6. The maximum atomic E-state index is 14.8. The molecule has 2 aliphatic rings. The van der Waals surface area contributed by atoms with Gasteiger partial charge in [-0.1, -0.05) is 0 Å². The molecule has 1 aromatic rings. The van der Waals surface area contributed by atoms with Gasteiger partial charge in [-0.25, -0.2) is 18.3 Å². The molecule has 1 unspecified atom stereocenters. The van der Waals surface area contributed by atoms with E-state index in [0.29, 0.717) is 0 Å². The molecular formula is C17H23F2N5O5S2. The van der Waals surface area contributed by atoms with Crippen LogP contribution in [0.2, 0.25) is 0 Å². The Bertz CT molecular complexity index is 933. The molecule has 0 bridgehead atoms. The lowest BCUT2D eigenvalue weighted by atomic mass is 10.2. The molecule has 0 aromatic heterocycles. The van der Waals surface area contributed by atoms with Crippen molar-refractivity contribution in [2.45, 2.75) is 6.10 Å². The summed E-state index contributed by atoms with van der Waals surface area (Å²) in [7, 11) is -0.899. The van der Waals surface area contributed by atoms with Gasteiger partial charge in [0, 0.05) is 45.4 Å². The molecule has 1 amide bonds. The van der Waals surface area contributed by atoms with E-state index in [1.807, 2.05) is 0 Å². The number of anilines is 2. The highest BCUT2D eigenvalue weighted by Crippen LogP contribution is 2.31. The second-order valence-electron chi connectivity index (χ2n) is 6.84. The van der Waals surface area contributed by atoms with Gasteiger partial charge in [0.25, 0.3) is 15.4 Å². The average Bonchev–Trinajstić information content (AvgIpc) is 3.12. The summed E-state index contributed by atoms with van der Waals surface area (Å²) in [4.78, 5) is 14.7. The lowest BCUT2D eigenvalue weighted by molar-refractivity contribution is 0.142. The van der Waals surface area contributed by atoms with E-state index >= 15 is 0 Å². The molecule has 2 fully saturated rings. The van der Waals surface area contributed by atoms with E-state index in [2.05, 4.69) is 10.0 Å². The van der Waals surface area contributed by atoms with Crippen LogP contribution in [0, 0.1) is 11.6 Å².